The highest BCUT2D eigenvalue weighted by molar-refractivity contribution is 9.13. The molecular formula is C16H11Br2NO3S. The molecular weight excluding hydrogens is 446 g/mol. The molecule has 0 saturated heterocycles. The molecule has 1 aromatic carbocycles. The quantitative estimate of drug-likeness (QED) is 0.356. The van der Waals surface area contributed by atoms with Gasteiger partial charge >= 0.3 is 0 Å². The standard InChI is InChI=1S/C16H11Br2NO3S/c17-9-2-1-8(7-10(9)18)14-15-11(3-4-13(15)20)19-12-5-6-23(21,22)16(12)14/h1-7,19-22H. The van der Waals surface area contributed by atoms with Crippen LogP contribution in [-0.4, -0.2) is 19.2 Å². The van der Waals surface area contributed by atoms with Crippen LogP contribution in [0.2, 0.25) is 0 Å². The summed E-state index contributed by atoms with van der Waals surface area (Å²) in [6.45, 7) is 0. The number of nitrogens with one attached hydrogen (secondary N) is 1. The Hall–Kier alpha value is -1.25. The number of aromatic amines is 1. The van der Waals surface area contributed by atoms with Crippen LogP contribution < -0.4 is 0 Å². The van der Waals surface area contributed by atoms with Crippen molar-refractivity contribution >= 4 is 48.5 Å². The van der Waals surface area contributed by atoms with Gasteiger partial charge in [-0.3, -0.25) is 9.11 Å². The van der Waals surface area contributed by atoms with E-state index >= 15 is 0 Å². The van der Waals surface area contributed by atoms with E-state index in [1.165, 1.54) is 5.41 Å². The molecule has 0 radical (unpaired) electrons. The summed E-state index contributed by atoms with van der Waals surface area (Å²) in [5.41, 5.74) is 3.41. The summed E-state index contributed by atoms with van der Waals surface area (Å²) in [5, 5.41) is 11.7. The number of benzene rings is 1. The van der Waals surface area contributed by atoms with Crippen LogP contribution in [0.4, 0.5) is 0 Å². The second-order valence-electron chi connectivity index (χ2n) is 5.27. The summed E-state index contributed by atoms with van der Waals surface area (Å²) < 4.78 is 22.6. The number of rotatable bonds is 1. The van der Waals surface area contributed by atoms with Crippen molar-refractivity contribution < 1.29 is 14.2 Å². The topological polar surface area (TPSA) is 76.5 Å². The van der Waals surface area contributed by atoms with E-state index in [9.17, 15) is 14.2 Å². The van der Waals surface area contributed by atoms with Gasteiger partial charge in [0.25, 0.3) is 0 Å². The number of aromatic hydroxyl groups is 1. The Morgan fingerprint density at radius 3 is 2.48 bits per heavy atom. The third kappa shape index (κ3) is 2.27. The summed E-state index contributed by atoms with van der Waals surface area (Å²) in [4.78, 5) is 3.57. The predicted octanol–water partition coefficient (Wildman–Crippen LogP) is 6.11. The summed E-state index contributed by atoms with van der Waals surface area (Å²) in [6, 6.07) is 9.02. The molecule has 7 heteroatoms. The molecule has 0 saturated carbocycles. The molecule has 118 valence electrons. The fraction of sp³-hybridized carbons (Fsp3) is 0. The molecule has 3 aliphatic rings. The van der Waals surface area contributed by atoms with Crippen molar-refractivity contribution in [2.24, 2.45) is 0 Å². The van der Waals surface area contributed by atoms with Crippen molar-refractivity contribution in [3.05, 3.63) is 50.4 Å². The van der Waals surface area contributed by atoms with E-state index in [-0.39, 0.29) is 5.75 Å². The third-order valence-electron chi connectivity index (χ3n) is 3.86. The molecule has 1 aliphatic carbocycles. The largest absolute Gasteiger partial charge is 0.507 e. The maximum Gasteiger partial charge on any atom is 0.125 e. The Labute approximate surface area is 150 Å². The van der Waals surface area contributed by atoms with Gasteiger partial charge in [0.1, 0.15) is 5.75 Å². The normalized spacial score (nSPS) is 16.7. The number of hydrogen-bond acceptors (Lipinski definition) is 3. The van der Waals surface area contributed by atoms with E-state index in [4.69, 9.17) is 0 Å². The van der Waals surface area contributed by atoms with Crippen molar-refractivity contribution in [3.63, 3.8) is 0 Å². The number of hydrogen-bond donors (Lipinski definition) is 4. The Morgan fingerprint density at radius 1 is 0.957 bits per heavy atom. The van der Waals surface area contributed by atoms with Crippen LogP contribution in [0.5, 0.6) is 5.75 Å². The SMILES string of the molecule is Oc1ccc2[nH]c3c(c(-c4ccc(Br)c(Br)c4)c1-2)S(O)(O)C=C3. The van der Waals surface area contributed by atoms with Gasteiger partial charge in [0.2, 0.25) is 0 Å². The molecule has 0 atom stereocenters. The Bertz CT molecular complexity index is 949. The maximum atomic E-state index is 10.4. The van der Waals surface area contributed by atoms with Gasteiger partial charge in [-0.15, -0.1) is 10.6 Å². The molecule has 2 aliphatic heterocycles. The third-order valence-corrected chi connectivity index (χ3v) is 7.28. The first-order valence-electron chi connectivity index (χ1n) is 6.68. The highest BCUT2D eigenvalue weighted by Gasteiger charge is 2.32. The maximum absolute atomic E-state index is 10.4. The summed E-state index contributed by atoms with van der Waals surface area (Å²) in [7, 11) is -3.04. The molecule has 0 aromatic heterocycles. The first-order valence-corrected chi connectivity index (χ1v) is 9.87. The molecule has 2 heterocycles. The molecule has 0 amide bonds. The van der Waals surface area contributed by atoms with Crippen LogP contribution >= 0.6 is 42.4 Å². The average Bonchev–Trinajstić information content (AvgIpc) is 3.01. The van der Waals surface area contributed by atoms with Crippen molar-refractivity contribution in [1.82, 2.24) is 4.98 Å². The predicted molar refractivity (Wildman–Crippen MR) is 100 cm³/mol. The molecule has 0 fully saturated rings. The first-order chi connectivity index (χ1) is 10.9. The fourth-order valence-electron chi connectivity index (χ4n) is 2.87. The van der Waals surface area contributed by atoms with Crippen molar-refractivity contribution in [2.75, 3.05) is 0 Å². The highest BCUT2D eigenvalue weighted by atomic mass is 79.9. The summed E-state index contributed by atoms with van der Waals surface area (Å²) >= 11 is 6.91. The van der Waals surface area contributed by atoms with Gasteiger partial charge in [0.15, 0.2) is 0 Å². The van der Waals surface area contributed by atoms with E-state index in [1.54, 1.807) is 18.2 Å². The average molecular weight is 457 g/mol. The van der Waals surface area contributed by atoms with Gasteiger partial charge in [-0.1, -0.05) is 6.07 Å². The second-order valence-corrected chi connectivity index (χ2v) is 8.85. The Kier molecular flexibility index (Phi) is 3.40. The zero-order valence-electron chi connectivity index (χ0n) is 11.5. The lowest BCUT2D eigenvalue weighted by atomic mass is 9.98. The summed E-state index contributed by atoms with van der Waals surface area (Å²) in [5.74, 6) is 0.107. The van der Waals surface area contributed by atoms with Crippen molar-refractivity contribution in [2.45, 2.75) is 4.90 Å². The molecule has 0 bridgehead atoms. The van der Waals surface area contributed by atoms with Crippen LogP contribution in [0.25, 0.3) is 28.5 Å². The lowest BCUT2D eigenvalue weighted by Gasteiger charge is -2.29. The van der Waals surface area contributed by atoms with Gasteiger partial charge in [-0.05, 0) is 67.8 Å². The highest BCUT2D eigenvalue weighted by Crippen LogP contribution is 2.62. The molecule has 0 spiro atoms. The van der Waals surface area contributed by atoms with E-state index in [2.05, 4.69) is 36.8 Å². The second kappa shape index (κ2) is 5.12. The van der Waals surface area contributed by atoms with Gasteiger partial charge in [-0.2, -0.15) is 0 Å². The molecule has 4 rings (SSSR count). The first kappa shape index (κ1) is 15.3. The monoisotopic (exact) mass is 455 g/mol. The lowest BCUT2D eigenvalue weighted by molar-refractivity contribution is 0.479. The number of aromatic nitrogens is 1. The van der Waals surface area contributed by atoms with Gasteiger partial charge in [0, 0.05) is 25.5 Å². The van der Waals surface area contributed by atoms with E-state index in [0.717, 1.165) is 20.2 Å². The Balaban J connectivity index is 2.13. The van der Waals surface area contributed by atoms with Crippen molar-refractivity contribution in [3.8, 4) is 28.1 Å². The van der Waals surface area contributed by atoms with Crippen LogP contribution in [0.1, 0.15) is 5.69 Å². The van der Waals surface area contributed by atoms with Crippen LogP contribution in [0.3, 0.4) is 0 Å². The van der Waals surface area contributed by atoms with Gasteiger partial charge < -0.3 is 10.1 Å². The van der Waals surface area contributed by atoms with E-state index in [0.29, 0.717) is 21.7 Å². The molecule has 1 aromatic rings. The van der Waals surface area contributed by atoms with Crippen LogP contribution in [0, 0.1) is 0 Å². The minimum absolute atomic E-state index is 0.107. The summed E-state index contributed by atoms with van der Waals surface area (Å²) in [6.07, 6.45) is 1.67. The molecule has 4 N–H and O–H groups in total. The zero-order valence-corrected chi connectivity index (χ0v) is 15.5. The fourth-order valence-corrected chi connectivity index (χ4v) is 4.92. The van der Waals surface area contributed by atoms with E-state index in [1.807, 2.05) is 18.2 Å². The lowest BCUT2D eigenvalue weighted by Crippen LogP contribution is -2.01. The van der Waals surface area contributed by atoms with Gasteiger partial charge in [-0.25, -0.2) is 0 Å². The minimum atomic E-state index is -3.04. The number of H-pyrrole nitrogens is 1. The van der Waals surface area contributed by atoms with E-state index < -0.39 is 10.6 Å². The zero-order chi connectivity index (χ0) is 16.4. The molecule has 23 heavy (non-hydrogen) atoms. The van der Waals surface area contributed by atoms with Gasteiger partial charge in [0.05, 0.1) is 16.3 Å². The van der Waals surface area contributed by atoms with Crippen LogP contribution in [-0.2, 0) is 0 Å². The molecule has 0 unspecified atom stereocenters. The smallest absolute Gasteiger partial charge is 0.125 e. The minimum Gasteiger partial charge on any atom is -0.507 e. The van der Waals surface area contributed by atoms with Crippen LogP contribution in [0.15, 0.2) is 49.6 Å². The molecule has 4 nitrogen and oxygen atoms in total. The number of pyridine rings is 1. The Morgan fingerprint density at radius 2 is 1.74 bits per heavy atom. The number of fused-ring (bicyclic) bond motifs is 2. The van der Waals surface area contributed by atoms with Crippen molar-refractivity contribution in [1.29, 1.82) is 0 Å². The number of halogens is 2.